The second-order valence-corrected chi connectivity index (χ2v) is 5.49. The van der Waals surface area contributed by atoms with Gasteiger partial charge in [0, 0.05) is 16.6 Å². The molecule has 0 aromatic heterocycles. The largest absolute Gasteiger partial charge is 0.489 e. The molecular formula is C17H19ClFNO. The molecule has 2 nitrogen and oxygen atoms in total. The van der Waals surface area contributed by atoms with Gasteiger partial charge in [0.05, 0.1) is 0 Å². The molecule has 0 fully saturated rings. The Hall–Kier alpha value is -1.58. The second-order valence-electron chi connectivity index (χ2n) is 5.05. The first kappa shape index (κ1) is 15.8. The number of hydrogen-bond donors (Lipinski definition) is 1. The van der Waals surface area contributed by atoms with E-state index in [9.17, 15) is 4.39 Å². The number of aryl methyl sites for hydroxylation is 1. The van der Waals surface area contributed by atoms with Gasteiger partial charge in [-0.15, -0.1) is 0 Å². The summed E-state index contributed by atoms with van der Waals surface area (Å²) >= 11 is 6.05. The molecule has 0 saturated heterocycles. The van der Waals surface area contributed by atoms with Gasteiger partial charge in [0.15, 0.2) is 0 Å². The number of hydrogen-bond acceptors (Lipinski definition) is 2. The van der Waals surface area contributed by atoms with E-state index in [1.165, 1.54) is 12.1 Å². The lowest BCUT2D eigenvalue weighted by molar-refractivity contribution is 0.299. The third-order valence-corrected chi connectivity index (χ3v) is 3.79. The minimum atomic E-state index is -0.229. The molecule has 2 aromatic rings. The first-order chi connectivity index (χ1) is 10.0. The summed E-state index contributed by atoms with van der Waals surface area (Å²) in [6.07, 6.45) is 0. The van der Waals surface area contributed by atoms with Crippen LogP contribution in [0.3, 0.4) is 0 Å². The molecule has 112 valence electrons. The van der Waals surface area contributed by atoms with E-state index in [1.54, 1.807) is 12.1 Å². The van der Waals surface area contributed by atoms with Crippen LogP contribution in [-0.4, -0.2) is 7.05 Å². The van der Waals surface area contributed by atoms with Gasteiger partial charge >= 0.3 is 0 Å². The van der Waals surface area contributed by atoms with E-state index in [2.05, 4.69) is 5.32 Å². The van der Waals surface area contributed by atoms with Crippen LogP contribution >= 0.6 is 11.6 Å². The fraction of sp³-hybridized carbons (Fsp3) is 0.294. The van der Waals surface area contributed by atoms with Crippen LogP contribution in [0.25, 0.3) is 0 Å². The van der Waals surface area contributed by atoms with Crippen LogP contribution in [0.2, 0.25) is 5.02 Å². The molecule has 1 N–H and O–H groups in total. The maximum atomic E-state index is 13.1. The van der Waals surface area contributed by atoms with Gasteiger partial charge < -0.3 is 10.1 Å². The summed E-state index contributed by atoms with van der Waals surface area (Å²) in [4.78, 5) is 0. The Morgan fingerprint density at radius 1 is 1.24 bits per heavy atom. The van der Waals surface area contributed by atoms with Gasteiger partial charge in [-0.3, -0.25) is 0 Å². The van der Waals surface area contributed by atoms with Crippen LogP contribution < -0.4 is 10.1 Å². The zero-order valence-corrected chi connectivity index (χ0v) is 13.2. The lowest BCUT2D eigenvalue weighted by atomic mass is 10.1. The van der Waals surface area contributed by atoms with Crippen molar-refractivity contribution in [3.8, 4) is 5.75 Å². The zero-order valence-electron chi connectivity index (χ0n) is 12.4. The number of ether oxygens (including phenoxy) is 1. The molecule has 0 bridgehead atoms. The monoisotopic (exact) mass is 307 g/mol. The highest BCUT2D eigenvalue weighted by Gasteiger charge is 2.11. The van der Waals surface area contributed by atoms with Crippen molar-refractivity contribution in [2.45, 2.75) is 26.5 Å². The van der Waals surface area contributed by atoms with E-state index in [1.807, 2.05) is 33.0 Å². The molecule has 0 aliphatic rings. The Bertz CT molecular complexity index is 630. The molecule has 0 spiro atoms. The summed E-state index contributed by atoms with van der Waals surface area (Å²) in [7, 11) is 1.89. The highest BCUT2D eigenvalue weighted by Crippen LogP contribution is 2.29. The smallest absolute Gasteiger partial charge is 0.124 e. The summed E-state index contributed by atoms with van der Waals surface area (Å²) in [5.41, 5.74) is 2.85. The summed E-state index contributed by atoms with van der Waals surface area (Å²) < 4.78 is 19.0. The van der Waals surface area contributed by atoms with E-state index in [4.69, 9.17) is 16.3 Å². The lowest BCUT2D eigenvalue weighted by Gasteiger charge is -2.17. The van der Waals surface area contributed by atoms with Crippen LogP contribution in [0.4, 0.5) is 4.39 Å². The summed E-state index contributed by atoms with van der Waals surface area (Å²) in [6.45, 7) is 4.32. The fourth-order valence-corrected chi connectivity index (χ4v) is 2.30. The van der Waals surface area contributed by atoms with E-state index in [0.29, 0.717) is 11.6 Å². The van der Waals surface area contributed by atoms with Crippen LogP contribution in [0.5, 0.6) is 5.75 Å². The molecule has 0 saturated carbocycles. The molecule has 0 aliphatic heterocycles. The topological polar surface area (TPSA) is 21.3 Å². The molecule has 1 atom stereocenters. The maximum absolute atomic E-state index is 13.1. The van der Waals surface area contributed by atoms with E-state index in [-0.39, 0.29) is 11.9 Å². The minimum Gasteiger partial charge on any atom is -0.489 e. The Balaban J connectivity index is 2.19. The number of halogens is 2. The highest BCUT2D eigenvalue weighted by molar-refractivity contribution is 6.30. The average molecular weight is 308 g/mol. The van der Waals surface area contributed by atoms with Crippen molar-refractivity contribution in [3.63, 3.8) is 0 Å². The summed E-state index contributed by atoms with van der Waals surface area (Å²) in [5.74, 6) is 0.553. The first-order valence-electron chi connectivity index (χ1n) is 6.86. The third kappa shape index (κ3) is 3.96. The van der Waals surface area contributed by atoms with Gasteiger partial charge in [-0.2, -0.15) is 0 Å². The Morgan fingerprint density at radius 2 is 2.00 bits per heavy atom. The van der Waals surface area contributed by atoms with E-state index >= 15 is 0 Å². The number of rotatable bonds is 5. The van der Waals surface area contributed by atoms with Crippen molar-refractivity contribution in [2.24, 2.45) is 0 Å². The van der Waals surface area contributed by atoms with Gasteiger partial charge in [0.1, 0.15) is 18.2 Å². The van der Waals surface area contributed by atoms with Gasteiger partial charge in [0.2, 0.25) is 0 Å². The Kier molecular flexibility index (Phi) is 5.21. The van der Waals surface area contributed by atoms with Crippen LogP contribution in [-0.2, 0) is 6.61 Å². The lowest BCUT2D eigenvalue weighted by Crippen LogP contribution is -2.14. The molecule has 2 rings (SSSR count). The van der Waals surface area contributed by atoms with Crippen molar-refractivity contribution in [1.82, 2.24) is 5.32 Å². The molecule has 2 aromatic carbocycles. The van der Waals surface area contributed by atoms with Crippen molar-refractivity contribution in [3.05, 3.63) is 63.9 Å². The summed E-state index contributed by atoms with van der Waals surface area (Å²) in [6, 6.07) is 10.4. The predicted molar refractivity (Wildman–Crippen MR) is 84.4 cm³/mol. The van der Waals surface area contributed by atoms with Gasteiger partial charge in [-0.05, 0) is 62.4 Å². The SMILES string of the molecule is CNC(C)c1cc(Cl)ccc1OCc1ccc(F)cc1C. The molecular weight excluding hydrogens is 289 g/mol. The zero-order chi connectivity index (χ0) is 15.4. The van der Waals surface area contributed by atoms with Gasteiger partial charge in [-0.25, -0.2) is 4.39 Å². The number of benzene rings is 2. The molecule has 0 aliphatic carbocycles. The average Bonchev–Trinajstić information content (AvgIpc) is 2.46. The first-order valence-corrected chi connectivity index (χ1v) is 7.23. The van der Waals surface area contributed by atoms with Gasteiger partial charge in [0.25, 0.3) is 0 Å². The highest BCUT2D eigenvalue weighted by atomic mass is 35.5. The van der Waals surface area contributed by atoms with Crippen molar-refractivity contribution >= 4 is 11.6 Å². The second kappa shape index (κ2) is 6.92. The normalized spacial score (nSPS) is 12.2. The van der Waals surface area contributed by atoms with E-state index < -0.39 is 0 Å². The quantitative estimate of drug-likeness (QED) is 0.868. The van der Waals surface area contributed by atoms with Crippen molar-refractivity contribution < 1.29 is 9.13 Å². The Labute approximate surface area is 129 Å². The molecule has 0 heterocycles. The van der Waals surface area contributed by atoms with Crippen molar-refractivity contribution in [1.29, 1.82) is 0 Å². The number of nitrogens with one attached hydrogen (secondary N) is 1. The third-order valence-electron chi connectivity index (χ3n) is 3.56. The Morgan fingerprint density at radius 3 is 2.67 bits per heavy atom. The standard InChI is InChI=1S/C17H19ClFNO/c1-11-8-15(19)6-4-13(11)10-21-17-7-5-14(18)9-16(17)12(2)20-3/h4-9,12,20H,10H2,1-3H3. The van der Waals surface area contributed by atoms with Crippen LogP contribution in [0, 0.1) is 12.7 Å². The van der Waals surface area contributed by atoms with Crippen LogP contribution in [0.15, 0.2) is 36.4 Å². The van der Waals surface area contributed by atoms with Crippen LogP contribution in [0.1, 0.15) is 29.7 Å². The molecule has 21 heavy (non-hydrogen) atoms. The van der Waals surface area contributed by atoms with Gasteiger partial charge in [-0.1, -0.05) is 17.7 Å². The van der Waals surface area contributed by atoms with Crippen molar-refractivity contribution in [2.75, 3.05) is 7.05 Å². The summed E-state index contributed by atoms with van der Waals surface area (Å²) in [5, 5.41) is 3.86. The molecule has 0 amide bonds. The molecule has 1 unspecified atom stereocenters. The maximum Gasteiger partial charge on any atom is 0.124 e. The van der Waals surface area contributed by atoms with E-state index in [0.717, 1.165) is 22.4 Å². The minimum absolute atomic E-state index is 0.132. The fourth-order valence-electron chi connectivity index (χ4n) is 2.12. The molecule has 0 radical (unpaired) electrons. The molecule has 4 heteroatoms. The predicted octanol–water partition coefficient (Wildman–Crippen LogP) is 4.65.